The third kappa shape index (κ3) is 2.25. The highest BCUT2D eigenvalue weighted by Crippen LogP contribution is 2.26. The molecule has 0 saturated carbocycles. The fraction of sp³-hybridized carbons (Fsp3) is 0.0667. The number of nitrogens with zero attached hydrogens (tertiary/aromatic N) is 1. The van der Waals surface area contributed by atoms with Crippen LogP contribution in [0.15, 0.2) is 46.9 Å². The van der Waals surface area contributed by atoms with Crippen molar-refractivity contribution in [2.45, 2.75) is 6.42 Å². The molecule has 0 spiro atoms. The number of oxazole rings is 1. The summed E-state index contributed by atoms with van der Waals surface area (Å²) >= 11 is 0. The monoisotopic (exact) mass is 271 g/mol. The summed E-state index contributed by atoms with van der Waals surface area (Å²) in [6.07, 6.45) is -0.0855. The van der Waals surface area contributed by atoms with Crippen molar-refractivity contribution in [1.29, 1.82) is 0 Å². The Bertz CT molecular complexity index is 795. The molecule has 0 aliphatic heterocycles. The van der Waals surface area contributed by atoms with Gasteiger partial charge in [0.25, 0.3) is 0 Å². The van der Waals surface area contributed by atoms with Crippen LogP contribution in [-0.4, -0.2) is 16.1 Å². The highest BCUT2D eigenvalue weighted by atomic mass is 19.1. The van der Waals surface area contributed by atoms with Crippen LogP contribution in [0.25, 0.3) is 22.6 Å². The van der Waals surface area contributed by atoms with Crippen molar-refractivity contribution in [2.24, 2.45) is 0 Å². The molecular weight excluding hydrogens is 261 g/mol. The number of aromatic nitrogens is 1. The summed E-state index contributed by atoms with van der Waals surface area (Å²) in [6.45, 7) is 0. The molecular formula is C15H10FNO3. The van der Waals surface area contributed by atoms with Crippen LogP contribution in [-0.2, 0) is 11.2 Å². The third-order valence-corrected chi connectivity index (χ3v) is 2.91. The molecule has 0 aliphatic rings. The lowest BCUT2D eigenvalue weighted by atomic mass is 10.1. The summed E-state index contributed by atoms with van der Waals surface area (Å²) in [4.78, 5) is 14.9. The average Bonchev–Trinajstić information content (AvgIpc) is 2.81. The van der Waals surface area contributed by atoms with Crippen molar-refractivity contribution in [2.75, 3.05) is 0 Å². The standard InChI is InChI=1S/C15H10FNO3/c16-11-4-2-1-3-10(11)15-17-12-7-9(8-14(18)19)5-6-13(12)20-15/h1-7H,8H2,(H,18,19). The first-order chi connectivity index (χ1) is 9.63. The third-order valence-electron chi connectivity index (χ3n) is 2.91. The molecule has 5 heteroatoms. The Kier molecular flexibility index (Phi) is 2.95. The van der Waals surface area contributed by atoms with E-state index in [9.17, 15) is 9.18 Å². The van der Waals surface area contributed by atoms with E-state index in [4.69, 9.17) is 9.52 Å². The molecule has 0 amide bonds. The van der Waals surface area contributed by atoms with Gasteiger partial charge in [0.2, 0.25) is 5.89 Å². The Hall–Kier alpha value is -2.69. The van der Waals surface area contributed by atoms with Crippen LogP contribution in [0.1, 0.15) is 5.56 Å². The van der Waals surface area contributed by atoms with Crippen molar-refractivity contribution in [1.82, 2.24) is 4.98 Å². The smallest absolute Gasteiger partial charge is 0.307 e. The average molecular weight is 271 g/mol. The first-order valence-electron chi connectivity index (χ1n) is 5.99. The van der Waals surface area contributed by atoms with Gasteiger partial charge in [-0.15, -0.1) is 0 Å². The molecule has 1 N–H and O–H groups in total. The molecule has 2 aromatic carbocycles. The summed E-state index contributed by atoms with van der Waals surface area (Å²) in [5.41, 5.74) is 1.92. The Morgan fingerprint density at radius 2 is 2.05 bits per heavy atom. The van der Waals surface area contributed by atoms with Crippen molar-refractivity contribution < 1.29 is 18.7 Å². The van der Waals surface area contributed by atoms with Crippen LogP contribution < -0.4 is 0 Å². The molecule has 4 nitrogen and oxygen atoms in total. The molecule has 0 radical (unpaired) electrons. The molecule has 0 unspecified atom stereocenters. The van der Waals surface area contributed by atoms with Crippen molar-refractivity contribution in [3.63, 3.8) is 0 Å². The van der Waals surface area contributed by atoms with Gasteiger partial charge in [0, 0.05) is 0 Å². The largest absolute Gasteiger partial charge is 0.481 e. The van der Waals surface area contributed by atoms with E-state index >= 15 is 0 Å². The Morgan fingerprint density at radius 3 is 2.80 bits per heavy atom. The number of hydrogen-bond donors (Lipinski definition) is 1. The summed E-state index contributed by atoms with van der Waals surface area (Å²) in [6, 6.07) is 11.1. The Morgan fingerprint density at radius 1 is 1.25 bits per heavy atom. The predicted molar refractivity (Wildman–Crippen MR) is 70.7 cm³/mol. The predicted octanol–water partition coefficient (Wildman–Crippen LogP) is 3.26. The van der Waals surface area contributed by atoms with Gasteiger partial charge in [0.15, 0.2) is 5.58 Å². The summed E-state index contributed by atoms with van der Waals surface area (Å²) in [5, 5.41) is 8.77. The van der Waals surface area contributed by atoms with Gasteiger partial charge in [-0.2, -0.15) is 0 Å². The number of rotatable bonds is 3. The molecule has 0 bridgehead atoms. The minimum absolute atomic E-state index is 0.0855. The van der Waals surface area contributed by atoms with Crippen LogP contribution >= 0.6 is 0 Å². The molecule has 3 aromatic rings. The Balaban J connectivity index is 2.07. The maximum absolute atomic E-state index is 13.7. The minimum atomic E-state index is -0.915. The van der Waals surface area contributed by atoms with Crippen LogP contribution in [0.2, 0.25) is 0 Å². The summed E-state index contributed by atoms with van der Waals surface area (Å²) in [5.74, 6) is -1.14. The van der Waals surface area contributed by atoms with Gasteiger partial charge in [-0.3, -0.25) is 4.79 Å². The van der Waals surface area contributed by atoms with E-state index in [2.05, 4.69) is 4.98 Å². The molecule has 20 heavy (non-hydrogen) atoms. The van der Waals surface area contributed by atoms with Gasteiger partial charge in [-0.25, -0.2) is 9.37 Å². The van der Waals surface area contributed by atoms with E-state index in [1.165, 1.54) is 6.07 Å². The van der Waals surface area contributed by atoms with E-state index in [1.54, 1.807) is 36.4 Å². The number of carboxylic acid groups (broad SMARTS) is 1. The van der Waals surface area contributed by atoms with Gasteiger partial charge in [-0.1, -0.05) is 18.2 Å². The maximum atomic E-state index is 13.7. The molecule has 0 fully saturated rings. The zero-order valence-electron chi connectivity index (χ0n) is 10.3. The van der Waals surface area contributed by atoms with Crippen molar-refractivity contribution in [3.8, 4) is 11.5 Å². The van der Waals surface area contributed by atoms with Gasteiger partial charge >= 0.3 is 5.97 Å². The first kappa shape index (κ1) is 12.3. The van der Waals surface area contributed by atoms with E-state index < -0.39 is 11.8 Å². The van der Waals surface area contributed by atoms with Gasteiger partial charge < -0.3 is 9.52 Å². The number of halogens is 1. The minimum Gasteiger partial charge on any atom is -0.481 e. The topological polar surface area (TPSA) is 63.3 Å². The number of hydrogen-bond acceptors (Lipinski definition) is 3. The molecule has 1 aromatic heterocycles. The Labute approximate surface area is 113 Å². The van der Waals surface area contributed by atoms with E-state index in [0.717, 1.165) is 0 Å². The summed E-state index contributed by atoms with van der Waals surface area (Å²) < 4.78 is 19.2. The normalized spacial score (nSPS) is 10.8. The zero-order valence-corrected chi connectivity index (χ0v) is 10.3. The lowest BCUT2D eigenvalue weighted by Gasteiger charge is -1.95. The number of fused-ring (bicyclic) bond motifs is 1. The van der Waals surface area contributed by atoms with Crippen LogP contribution in [0.3, 0.4) is 0 Å². The molecule has 0 aliphatic carbocycles. The number of carbonyl (C=O) groups is 1. The molecule has 3 rings (SSSR count). The van der Waals surface area contributed by atoms with Crippen LogP contribution in [0.5, 0.6) is 0 Å². The summed E-state index contributed by atoms with van der Waals surface area (Å²) in [7, 11) is 0. The lowest BCUT2D eigenvalue weighted by molar-refractivity contribution is -0.136. The zero-order chi connectivity index (χ0) is 14.1. The van der Waals surface area contributed by atoms with Gasteiger partial charge in [0.1, 0.15) is 11.3 Å². The molecule has 0 atom stereocenters. The SMILES string of the molecule is O=C(O)Cc1ccc2oc(-c3ccccc3F)nc2c1. The fourth-order valence-electron chi connectivity index (χ4n) is 2.01. The van der Waals surface area contributed by atoms with Crippen LogP contribution in [0, 0.1) is 5.82 Å². The van der Waals surface area contributed by atoms with Crippen molar-refractivity contribution in [3.05, 3.63) is 53.8 Å². The highest BCUT2D eigenvalue weighted by Gasteiger charge is 2.12. The fourth-order valence-corrected chi connectivity index (χ4v) is 2.01. The van der Waals surface area contributed by atoms with E-state index in [0.29, 0.717) is 16.7 Å². The van der Waals surface area contributed by atoms with Gasteiger partial charge in [0.05, 0.1) is 12.0 Å². The van der Waals surface area contributed by atoms with Crippen LogP contribution in [0.4, 0.5) is 4.39 Å². The van der Waals surface area contributed by atoms with E-state index in [1.807, 2.05) is 0 Å². The second-order valence-corrected chi connectivity index (χ2v) is 4.37. The highest BCUT2D eigenvalue weighted by molar-refractivity contribution is 5.79. The van der Waals surface area contributed by atoms with Gasteiger partial charge in [-0.05, 0) is 29.8 Å². The maximum Gasteiger partial charge on any atom is 0.307 e. The quantitative estimate of drug-likeness (QED) is 0.794. The van der Waals surface area contributed by atoms with E-state index in [-0.39, 0.29) is 17.9 Å². The molecule has 1 heterocycles. The van der Waals surface area contributed by atoms with Crippen molar-refractivity contribution >= 4 is 17.1 Å². The second kappa shape index (κ2) is 4.77. The first-order valence-corrected chi connectivity index (χ1v) is 5.99. The number of carboxylic acids is 1. The molecule has 100 valence electrons. The second-order valence-electron chi connectivity index (χ2n) is 4.37. The lowest BCUT2D eigenvalue weighted by Crippen LogP contribution is -1.99. The molecule has 0 saturated heterocycles. The number of aliphatic carboxylic acids is 1. The number of benzene rings is 2.